The molecule has 144 valence electrons. The van der Waals surface area contributed by atoms with Crippen molar-refractivity contribution in [3.8, 4) is 0 Å². The number of halogens is 3. The second-order valence-corrected chi connectivity index (χ2v) is 10.1. The largest absolute Gasteiger partial charge is 0.550 e. The van der Waals surface area contributed by atoms with E-state index >= 15 is 0 Å². The van der Waals surface area contributed by atoms with Gasteiger partial charge in [0.2, 0.25) is 0 Å². The molecule has 1 aliphatic carbocycles. The molecule has 1 aliphatic heterocycles. The molecule has 2 aliphatic rings. The highest BCUT2D eigenvalue weighted by Crippen LogP contribution is 2.41. The summed E-state index contributed by atoms with van der Waals surface area (Å²) in [6.45, 7) is 1.82. The molecule has 1 heterocycles. The van der Waals surface area contributed by atoms with Crippen molar-refractivity contribution < 1.29 is 19.5 Å². The van der Waals surface area contributed by atoms with Gasteiger partial charge in [-0.1, -0.05) is 6.92 Å². The van der Waals surface area contributed by atoms with E-state index in [1.807, 2.05) is 13.0 Å². The lowest BCUT2D eigenvalue weighted by Crippen LogP contribution is -2.34. The predicted molar refractivity (Wildman–Crippen MR) is 125 cm³/mol. The number of anilines is 1. The van der Waals surface area contributed by atoms with Crippen molar-refractivity contribution in [1.82, 2.24) is 0 Å². The number of hydrogen-bond acceptors (Lipinski definition) is 4. The van der Waals surface area contributed by atoms with Crippen molar-refractivity contribution in [2.45, 2.75) is 45.4 Å². The Balaban J connectivity index is 2.07. The van der Waals surface area contributed by atoms with E-state index in [1.54, 1.807) is 0 Å². The third kappa shape index (κ3) is 3.94. The fraction of sp³-hybridized carbons (Fsp3) is 0.421. The van der Waals surface area contributed by atoms with Crippen molar-refractivity contribution in [1.29, 1.82) is 0 Å². The van der Waals surface area contributed by atoms with E-state index in [9.17, 15) is 19.5 Å². The lowest BCUT2D eigenvalue weighted by molar-refractivity contribution is -0.311. The Morgan fingerprint density at radius 1 is 1.11 bits per heavy atom. The van der Waals surface area contributed by atoms with E-state index in [-0.39, 0.29) is 11.8 Å². The standard InChI is InChI=1S/C19H18I3NO4/c1-2-9(19(26)27)7-12-13(20)8-14(21)16(15(12)22)23-17(24)10-5-3-4-6-11(10)18(23)25/h8-9H,2-7H2,1H3,(H,26,27)/p-1. The SMILES string of the molecule is CCC(Cc1c(I)cc(I)c(N2C(=O)C3=C(CCCC3)C2=O)c1I)C(=O)[O-]. The summed E-state index contributed by atoms with van der Waals surface area (Å²) < 4.78 is 2.51. The number of carboxylic acids is 1. The Hall–Kier alpha value is -0.240. The molecule has 0 saturated heterocycles. The zero-order chi connectivity index (χ0) is 19.9. The Morgan fingerprint density at radius 3 is 2.15 bits per heavy atom. The summed E-state index contributed by atoms with van der Waals surface area (Å²) in [4.78, 5) is 38.6. The summed E-state index contributed by atoms with van der Waals surface area (Å²) in [5.41, 5.74) is 2.75. The monoisotopic (exact) mass is 704 g/mol. The minimum atomic E-state index is -1.07. The van der Waals surface area contributed by atoms with E-state index < -0.39 is 11.9 Å². The summed E-state index contributed by atoms with van der Waals surface area (Å²) in [7, 11) is 0. The van der Waals surface area contributed by atoms with E-state index in [4.69, 9.17) is 0 Å². The van der Waals surface area contributed by atoms with E-state index in [0.717, 1.165) is 29.1 Å². The zero-order valence-corrected chi connectivity index (χ0v) is 21.1. The number of amides is 2. The number of benzene rings is 1. The summed E-state index contributed by atoms with van der Waals surface area (Å²) in [6, 6.07) is 1.91. The quantitative estimate of drug-likeness (QED) is 0.348. The second-order valence-electron chi connectivity index (χ2n) is 6.72. The lowest BCUT2D eigenvalue weighted by Gasteiger charge is -2.24. The first kappa shape index (κ1) is 21.5. The van der Waals surface area contributed by atoms with Crippen molar-refractivity contribution in [3.63, 3.8) is 0 Å². The van der Waals surface area contributed by atoms with Crippen LogP contribution in [0.5, 0.6) is 0 Å². The van der Waals surface area contributed by atoms with Crippen LogP contribution in [-0.4, -0.2) is 17.8 Å². The molecule has 0 fully saturated rings. The molecule has 0 saturated carbocycles. The fourth-order valence-corrected chi connectivity index (χ4v) is 7.89. The molecule has 0 N–H and O–H groups in total. The smallest absolute Gasteiger partial charge is 0.261 e. The fourth-order valence-electron chi connectivity index (χ4n) is 3.59. The molecule has 0 radical (unpaired) electrons. The number of carbonyl (C=O) groups excluding carboxylic acids is 3. The molecule has 0 spiro atoms. The third-order valence-electron chi connectivity index (χ3n) is 5.13. The number of rotatable bonds is 5. The number of carboxylic acid groups (broad SMARTS) is 1. The van der Waals surface area contributed by atoms with Crippen LogP contribution >= 0.6 is 67.8 Å². The predicted octanol–water partition coefficient (Wildman–Crippen LogP) is 3.56. The van der Waals surface area contributed by atoms with Crippen LogP contribution < -0.4 is 10.0 Å². The Labute approximate surface area is 198 Å². The van der Waals surface area contributed by atoms with Gasteiger partial charge in [0.25, 0.3) is 11.8 Å². The zero-order valence-electron chi connectivity index (χ0n) is 14.6. The van der Waals surface area contributed by atoms with Crippen molar-refractivity contribution in [3.05, 3.63) is 33.5 Å². The average Bonchev–Trinajstić information content (AvgIpc) is 2.87. The van der Waals surface area contributed by atoms with Gasteiger partial charge in [-0.15, -0.1) is 0 Å². The van der Waals surface area contributed by atoms with Crippen LogP contribution in [0.25, 0.3) is 0 Å². The number of aliphatic carboxylic acids is 1. The van der Waals surface area contributed by atoms with Gasteiger partial charge in [-0.2, -0.15) is 0 Å². The highest BCUT2D eigenvalue weighted by molar-refractivity contribution is 14.1. The first-order valence-electron chi connectivity index (χ1n) is 8.75. The van der Waals surface area contributed by atoms with Crippen molar-refractivity contribution >= 4 is 91.2 Å². The number of hydrogen-bond donors (Lipinski definition) is 0. The number of imide groups is 1. The molecule has 1 aromatic rings. The Morgan fingerprint density at radius 2 is 1.67 bits per heavy atom. The molecule has 0 bridgehead atoms. The van der Waals surface area contributed by atoms with E-state index in [1.165, 1.54) is 4.90 Å². The maximum Gasteiger partial charge on any atom is 0.261 e. The topological polar surface area (TPSA) is 77.5 Å². The van der Waals surface area contributed by atoms with Gasteiger partial charge in [-0.25, -0.2) is 4.90 Å². The van der Waals surface area contributed by atoms with Crippen molar-refractivity contribution in [2.24, 2.45) is 5.92 Å². The normalized spacial score (nSPS) is 18.1. The van der Waals surface area contributed by atoms with Gasteiger partial charge in [-0.3, -0.25) is 9.59 Å². The number of carbonyl (C=O) groups is 3. The highest BCUT2D eigenvalue weighted by Gasteiger charge is 2.41. The molecule has 1 unspecified atom stereocenters. The van der Waals surface area contributed by atoms with Gasteiger partial charge in [0, 0.05) is 33.7 Å². The number of nitrogens with zero attached hydrogens (tertiary/aromatic N) is 1. The molecular formula is C19H17I3NO4-. The molecule has 3 rings (SSSR count). The maximum absolute atomic E-state index is 13.0. The van der Waals surface area contributed by atoms with Crippen LogP contribution in [0.3, 0.4) is 0 Å². The van der Waals surface area contributed by atoms with E-state index in [2.05, 4.69) is 67.8 Å². The van der Waals surface area contributed by atoms with Gasteiger partial charge < -0.3 is 9.90 Å². The highest BCUT2D eigenvalue weighted by atomic mass is 127. The Kier molecular flexibility index (Phi) is 6.87. The van der Waals surface area contributed by atoms with Crippen LogP contribution in [-0.2, 0) is 20.8 Å². The van der Waals surface area contributed by atoms with Crippen LogP contribution in [0.1, 0.15) is 44.6 Å². The van der Waals surface area contributed by atoms with E-state index in [0.29, 0.717) is 42.5 Å². The first-order chi connectivity index (χ1) is 12.8. The minimum absolute atomic E-state index is 0.218. The average molecular weight is 704 g/mol. The van der Waals surface area contributed by atoms with Crippen LogP contribution in [0.15, 0.2) is 17.2 Å². The molecule has 1 aromatic carbocycles. The lowest BCUT2D eigenvalue weighted by atomic mass is 9.93. The molecule has 0 aromatic heterocycles. The second kappa shape index (κ2) is 8.64. The van der Waals surface area contributed by atoms with Gasteiger partial charge in [0.15, 0.2) is 0 Å². The van der Waals surface area contributed by atoms with Gasteiger partial charge in [0.05, 0.1) is 5.69 Å². The minimum Gasteiger partial charge on any atom is -0.550 e. The summed E-state index contributed by atoms with van der Waals surface area (Å²) in [6.07, 6.45) is 3.96. The van der Waals surface area contributed by atoms with Gasteiger partial charge in [-0.05, 0) is 118 Å². The maximum atomic E-state index is 13.0. The first-order valence-corrected chi connectivity index (χ1v) is 12.0. The molecule has 1 atom stereocenters. The molecule has 2 amide bonds. The van der Waals surface area contributed by atoms with Gasteiger partial charge >= 0.3 is 0 Å². The summed E-state index contributed by atoms with van der Waals surface area (Å²) in [5.74, 6) is -2.11. The van der Waals surface area contributed by atoms with Crippen LogP contribution in [0.4, 0.5) is 5.69 Å². The van der Waals surface area contributed by atoms with Crippen molar-refractivity contribution in [2.75, 3.05) is 4.90 Å². The summed E-state index contributed by atoms with van der Waals surface area (Å²) in [5, 5.41) is 11.4. The molecule has 5 nitrogen and oxygen atoms in total. The Bertz CT molecular complexity index is 850. The summed E-state index contributed by atoms with van der Waals surface area (Å²) >= 11 is 6.47. The molecule has 27 heavy (non-hydrogen) atoms. The molecule has 8 heteroatoms. The molecular weight excluding hydrogens is 687 g/mol. The van der Waals surface area contributed by atoms with Crippen LogP contribution in [0.2, 0.25) is 0 Å². The van der Waals surface area contributed by atoms with Crippen LogP contribution in [0, 0.1) is 16.6 Å². The van der Waals surface area contributed by atoms with Gasteiger partial charge in [0.1, 0.15) is 0 Å². The third-order valence-corrected chi connectivity index (χ3v) is 8.08.